The number of rotatable bonds is 10. The van der Waals surface area contributed by atoms with Crippen LogP contribution in [0.4, 0.5) is 10.5 Å². The third kappa shape index (κ3) is 5.65. The molecule has 2 aromatic rings. The van der Waals surface area contributed by atoms with Crippen molar-refractivity contribution in [2.24, 2.45) is 11.3 Å². The first kappa shape index (κ1) is 26.8. The highest BCUT2D eigenvalue weighted by Gasteiger charge is 2.47. The van der Waals surface area contributed by atoms with E-state index in [1.54, 1.807) is 18.1 Å². The summed E-state index contributed by atoms with van der Waals surface area (Å²) in [5.74, 6) is -1.21. The van der Waals surface area contributed by atoms with Gasteiger partial charge in [0.25, 0.3) is 0 Å². The average molecular weight is 540 g/mol. The fourth-order valence-corrected chi connectivity index (χ4v) is 4.99. The normalized spacial score (nSPS) is 21.0. The summed E-state index contributed by atoms with van der Waals surface area (Å²) in [4.78, 5) is 58.6. The molecule has 0 N–H and O–H groups in total. The van der Waals surface area contributed by atoms with Crippen molar-refractivity contribution in [3.63, 3.8) is 0 Å². The number of benzene rings is 1. The van der Waals surface area contributed by atoms with Crippen molar-refractivity contribution < 1.29 is 33.2 Å². The molecule has 0 unspecified atom stereocenters. The van der Waals surface area contributed by atoms with Crippen LogP contribution < -0.4 is 9.64 Å². The molecule has 3 heterocycles. The first-order valence-electron chi connectivity index (χ1n) is 13.2. The minimum absolute atomic E-state index is 0.0406. The Balaban J connectivity index is 1.31. The number of imide groups is 2. The summed E-state index contributed by atoms with van der Waals surface area (Å²) in [7, 11) is 1.55. The van der Waals surface area contributed by atoms with E-state index >= 15 is 0 Å². The van der Waals surface area contributed by atoms with Crippen LogP contribution >= 0.6 is 0 Å². The van der Waals surface area contributed by atoms with Crippen molar-refractivity contribution in [1.82, 2.24) is 19.9 Å². The topological polar surface area (TPSA) is 135 Å². The van der Waals surface area contributed by atoms with Gasteiger partial charge in [0.05, 0.1) is 31.9 Å². The van der Waals surface area contributed by atoms with E-state index in [2.05, 4.69) is 24.0 Å². The number of hydrogen-bond acceptors (Lipinski definition) is 9. The van der Waals surface area contributed by atoms with Crippen LogP contribution in [0.1, 0.15) is 51.2 Å². The number of ether oxygens (including phenoxy) is 2. The minimum atomic E-state index is -0.922. The van der Waals surface area contributed by atoms with Crippen molar-refractivity contribution in [3.05, 3.63) is 36.0 Å². The number of urea groups is 1. The van der Waals surface area contributed by atoms with Gasteiger partial charge in [-0.1, -0.05) is 31.1 Å². The highest BCUT2D eigenvalue weighted by Crippen LogP contribution is 2.36. The van der Waals surface area contributed by atoms with Crippen LogP contribution in [-0.2, 0) is 32.1 Å². The average Bonchev–Trinajstić information content (AvgIpc) is 3.60. The molecule has 5 amide bonds. The second kappa shape index (κ2) is 10.8. The zero-order valence-corrected chi connectivity index (χ0v) is 22.4. The molecule has 1 aliphatic carbocycles. The number of aromatic nitrogens is 2. The van der Waals surface area contributed by atoms with Gasteiger partial charge in [0.15, 0.2) is 5.82 Å². The number of hydrogen-bond donors (Lipinski definition) is 0. The first-order valence-corrected chi connectivity index (χ1v) is 13.2. The van der Waals surface area contributed by atoms with Gasteiger partial charge in [0.2, 0.25) is 11.8 Å². The molecule has 3 aliphatic rings. The smallest absolute Gasteiger partial charge is 0.334 e. The maximum Gasteiger partial charge on any atom is 0.334 e. The van der Waals surface area contributed by atoms with Gasteiger partial charge < -0.3 is 18.9 Å². The monoisotopic (exact) mass is 539 g/mol. The molecular weight excluding hydrogens is 506 g/mol. The summed E-state index contributed by atoms with van der Waals surface area (Å²) in [5, 5.41) is 3.89. The minimum Gasteiger partial charge on any atom is -0.495 e. The second-order valence-electron chi connectivity index (χ2n) is 10.9. The predicted octanol–water partition coefficient (Wildman–Crippen LogP) is 2.56. The molecule has 39 heavy (non-hydrogen) atoms. The van der Waals surface area contributed by atoms with E-state index in [-0.39, 0.29) is 54.6 Å². The Kier molecular flexibility index (Phi) is 7.39. The summed E-state index contributed by atoms with van der Waals surface area (Å²) >= 11 is 0. The Morgan fingerprint density at radius 3 is 2.62 bits per heavy atom. The number of methoxy groups -OCH3 is 1. The van der Waals surface area contributed by atoms with Crippen LogP contribution in [0.15, 0.2) is 28.8 Å². The number of carbonyl (C=O) groups excluding carboxylic acids is 4. The fraction of sp³-hybridized carbons (Fsp3) is 0.556. The van der Waals surface area contributed by atoms with Gasteiger partial charge in [-0.15, -0.1) is 0 Å². The van der Waals surface area contributed by atoms with E-state index in [9.17, 15) is 19.2 Å². The van der Waals surface area contributed by atoms with Crippen LogP contribution in [0.5, 0.6) is 5.75 Å². The Labute approximate surface area is 226 Å². The zero-order valence-electron chi connectivity index (χ0n) is 22.4. The van der Waals surface area contributed by atoms with E-state index in [1.807, 2.05) is 18.2 Å². The number of para-hydroxylation sites is 2. The molecule has 0 spiro atoms. The predicted molar refractivity (Wildman–Crippen MR) is 136 cm³/mol. The third-order valence-electron chi connectivity index (χ3n) is 7.57. The molecule has 1 atom stereocenters. The number of nitrogens with zero attached hydrogens (tertiary/aromatic N) is 5. The summed E-state index contributed by atoms with van der Waals surface area (Å²) in [6, 6.07) is 6.56. The molecule has 12 heteroatoms. The molecule has 2 aliphatic heterocycles. The molecule has 2 saturated heterocycles. The highest BCUT2D eigenvalue weighted by molar-refractivity contribution is 6.44. The number of carbonyl (C=O) groups is 4. The number of amides is 5. The van der Waals surface area contributed by atoms with E-state index in [4.69, 9.17) is 14.0 Å². The van der Waals surface area contributed by atoms with Gasteiger partial charge in [0, 0.05) is 13.2 Å². The van der Waals surface area contributed by atoms with Gasteiger partial charge in [-0.25, -0.2) is 9.69 Å². The molecule has 0 radical (unpaired) electrons. The lowest BCUT2D eigenvalue weighted by Crippen LogP contribution is -2.47. The largest absolute Gasteiger partial charge is 0.495 e. The summed E-state index contributed by atoms with van der Waals surface area (Å²) in [5.41, 5.74) is 0.471. The first-order chi connectivity index (χ1) is 18.7. The summed E-state index contributed by atoms with van der Waals surface area (Å²) < 4.78 is 16.8. The Hall–Kier alpha value is -3.80. The van der Waals surface area contributed by atoms with E-state index < -0.39 is 17.8 Å². The van der Waals surface area contributed by atoms with Crippen LogP contribution in [-0.4, -0.2) is 76.6 Å². The van der Waals surface area contributed by atoms with Crippen molar-refractivity contribution >= 4 is 29.4 Å². The Bertz CT molecular complexity index is 1270. The third-order valence-corrected chi connectivity index (χ3v) is 7.57. The number of anilines is 1. The van der Waals surface area contributed by atoms with Crippen LogP contribution in [0.2, 0.25) is 0 Å². The molecule has 1 saturated carbocycles. The lowest BCUT2D eigenvalue weighted by Gasteiger charge is -2.41. The zero-order chi connectivity index (χ0) is 27.7. The second-order valence-corrected chi connectivity index (χ2v) is 10.9. The Morgan fingerprint density at radius 2 is 1.90 bits per heavy atom. The molecule has 1 aromatic heterocycles. The lowest BCUT2D eigenvalue weighted by molar-refractivity contribution is -0.143. The molecule has 0 bridgehead atoms. The van der Waals surface area contributed by atoms with E-state index in [0.29, 0.717) is 24.6 Å². The van der Waals surface area contributed by atoms with E-state index in [1.165, 1.54) is 0 Å². The van der Waals surface area contributed by atoms with Crippen molar-refractivity contribution in [2.45, 2.75) is 58.6 Å². The molecule has 12 nitrogen and oxygen atoms in total. The summed E-state index contributed by atoms with van der Waals surface area (Å²) in [6.45, 7) is 5.10. The van der Waals surface area contributed by atoms with Gasteiger partial charge in [0.1, 0.15) is 12.3 Å². The quantitative estimate of drug-likeness (QED) is 0.330. The van der Waals surface area contributed by atoms with Gasteiger partial charge in [-0.3, -0.25) is 19.3 Å². The SMILES string of the molecule is COc1ccccc1N(C[C@@H]1OCCCC1(C)C)C(=O)Cc1noc(CN2C(=O)C(=O)N(CC3CC3)C2=O)n1. The van der Waals surface area contributed by atoms with Gasteiger partial charge >= 0.3 is 17.8 Å². The maximum absolute atomic E-state index is 13.6. The Morgan fingerprint density at radius 1 is 1.15 bits per heavy atom. The van der Waals surface area contributed by atoms with Crippen LogP contribution in [0, 0.1) is 11.3 Å². The highest BCUT2D eigenvalue weighted by atomic mass is 16.5. The van der Waals surface area contributed by atoms with Gasteiger partial charge in [-0.05, 0) is 49.1 Å². The van der Waals surface area contributed by atoms with Crippen molar-refractivity contribution in [3.8, 4) is 5.75 Å². The van der Waals surface area contributed by atoms with Crippen molar-refractivity contribution in [2.75, 3.05) is 31.7 Å². The van der Waals surface area contributed by atoms with Crippen LogP contribution in [0.3, 0.4) is 0 Å². The van der Waals surface area contributed by atoms with Gasteiger partial charge in [-0.2, -0.15) is 4.98 Å². The molecule has 1 aromatic carbocycles. The summed E-state index contributed by atoms with van der Waals surface area (Å²) in [6.07, 6.45) is 3.43. The standard InChI is InChI=1S/C27H33N5O7/c1-27(2)11-6-12-38-20(27)15-30(18-7-4-5-8-19(18)37-3)23(33)13-21-28-22(39-29-21)16-32-25(35)24(34)31(26(32)36)14-17-9-10-17/h4-5,7-8,17,20H,6,9-16H2,1-3H3/t20-/m0/s1. The van der Waals surface area contributed by atoms with Crippen molar-refractivity contribution in [1.29, 1.82) is 0 Å². The lowest BCUT2D eigenvalue weighted by atomic mass is 9.80. The fourth-order valence-electron chi connectivity index (χ4n) is 4.99. The van der Waals surface area contributed by atoms with E-state index in [0.717, 1.165) is 35.5 Å². The molecule has 5 rings (SSSR count). The van der Waals surface area contributed by atoms with Crippen LogP contribution in [0.25, 0.3) is 0 Å². The molecular formula is C27H33N5O7. The maximum atomic E-state index is 13.6. The molecule has 208 valence electrons. The molecule has 3 fully saturated rings.